The molecule has 0 aliphatic carbocycles. The van der Waals surface area contributed by atoms with Crippen molar-refractivity contribution in [3.8, 4) is 5.75 Å². The number of para-hydroxylation sites is 1. The van der Waals surface area contributed by atoms with Crippen molar-refractivity contribution in [1.82, 2.24) is 15.2 Å². The van der Waals surface area contributed by atoms with Crippen LogP contribution in [0.2, 0.25) is 0 Å². The summed E-state index contributed by atoms with van der Waals surface area (Å²) < 4.78 is 24.2. The van der Waals surface area contributed by atoms with Gasteiger partial charge in [0.1, 0.15) is 18.1 Å². The number of amides is 3. The molecule has 3 amide bonds. The molecule has 188 valence electrons. The predicted molar refractivity (Wildman–Crippen MR) is 132 cm³/mol. The Labute approximate surface area is 205 Å². The molecule has 3 rings (SSSR count). The Kier molecular flexibility index (Phi) is 8.45. The van der Waals surface area contributed by atoms with Crippen molar-refractivity contribution in [2.45, 2.75) is 38.8 Å². The molecule has 1 aliphatic heterocycles. The molecule has 1 atom stereocenters. The second-order valence-corrected chi connectivity index (χ2v) is 9.35. The van der Waals surface area contributed by atoms with Gasteiger partial charge in [-0.15, -0.1) is 0 Å². The van der Waals surface area contributed by atoms with Crippen molar-refractivity contribution < 1.29 is 23.5 Å². The van der Waals surface area contributed by atoms with Crippen molar-refractivity contribution in [3.63, 3.8) is 0 Å². The largest absolute Gasteiger partial charge is 0.496 e. The average molecular weight is 485 g/mol. The Balaban J connectivity index is 1.92. The van der Waals surface area contributed by atoms with Gasteiger partial charge in [0.25, 0.3) is 5.91 Å². The number of carbonyl (C=O) groups is 2. The molecule has 0 saturated heterocycles. The summed E-state index contributed by atoms with van der Waals surface area (Å²) in [7, 11) is 3.12. The Morgan fingerprint density at radius 2 is 1.83 bits per heavy atom. The minimum atomic E-state index is -0.465. The van der Waals surface area contributed by atoms with Crippen LogP contribution in [0.1, 0.15) is 44.4 Å². The van der Waals surface area contributed by atoms with Crippen molar-refractivity contribution in [2.75, 3.05) is 33.9 Å². The number of ether oxygens (including phenoxy) is 2. The lowest BCUT2D eigenvalue weighted by Crippen LogP contribution is -2.52. The molecule has 35 heavy (non-hydrogen) atoms. The molecule has 1 heterocycles. The lowest BCUT2D eigenvalue weighted by molar-refractivity contribution is -0.133. The van der Waals surface area contributed by atoms with Crippen molar-refractivity contribution in [1.29, 1.82) is 0 Å². The number of halogens is 1. The molecule has 0 saturated carbocycles. The molecule has 9 heteroatoms. The van der Waals surface area contributed by atoms with E-state index in [9.17, 15) is 14.0 Å². The first kappa shape index (κ1) is 26.2. The van der Waals surface area contributed by atoms with E-state index in [1.54, 1.807) is 26.4 Å². The zero-order valence-corrected chi connectivity index (χ0v) is 20.9. The summed E-state index contributed by atoms with van der Waals surface area (Å²) in [6, 6.07) is 12.7. The van der Waals surface area contributed by atoms with Crippen molar-refractivity contribution in [3.05, 3.63) is 65.5 Å². The van der Waals surface area contributed by atoms with E-state index in [1.807, 2.05) is 45.0 Å². The topological polar surface area (TPSA) is 83.5 Å². The molecule has 2 aromatic carbocycles. The molecule has 0 radical (unpaired) electrons. The lowest BCUT2D eigenvalue weighted by Gasteiger charge is -2.30. The molecule has 0 unspecified atom stereocenters. The Bertz CT molecular complexity index is 1070. The number of hydrazone groups is 1. The number of nitrogens with one attached hydrogen (secondary N) is 1. The molecule has 8 nitrogen and oxygen atoms in total. The molecule has 1 N–H and O–H groups in total. The van der Waals surface area contributed by atoms with Crippen LogP contribution < -0.4 is 10.1 Å². The Hall–Kier alpha value is -3.46. The summed E-state index contributed by atoms with van der Waals surface area (Å²) in [5, 5.41) is 8.92. The second-order valence-electron chi connectivity index (χ2n) is 9.35. The predicted octanol–water partition coefficient (Wildman–Crippen LogP) is 3.97. The molecule has 0 bridgehead atoms. The minimum Gasteiger partial charge on any atom is -0.496 e. The lowest BCUT2D eigenvalue weighted by atomic mass is 9.97. The smallest absolute Gasteiger partial charge is 0.318 e. The van der Waals surface area contributed by atoms with Crippen LogP contribution in [0.25, 0.3) is 0 Å². The van der Waals surface area contributed by atoms with E-state index in [0.717, 1.165) is 11.1 Å². The molecule has 1 aliphatic rings. The minimum absolute atomic E-state index is 0.183. The van der Waals surface area contributed by atoms with E-state index in [4.69, 9.17) is 9.47 Å². The van der Waals surface area contributed by atoms with Gasteiger partial charge < -0.3 is 19.7 Å². The first-order valence-corrected chi connectivity index (χ1v) is 11.5. The summed E-state index contributed by atoms with van der Waals surface area (Å²) in [5.41, 5.74) is 1.71. The highest BCUT2D eigenvalue weighted by molar-refractivity contribution is 6.03. The third-order valence-corrected chi connectivity index (χ3v) is 5.50. The zero-order chi connectivity index (χ0) is 25.6. The SMILES string of the molecule is COCCN(CC(=O)N1N=C(c2ccc(F)cc2)C[C@@H]1c1ccccc1OC)C(=O)NC(C)(C)C. The zero-order valence-electron chi connectivity index (χ0n) is 20.9. The normalized spacial score (nSPS) is 15.5. The standard InChI is InChI=1S/C26H33FN4O4/c1-26(2,3)28-25(33)30(14-15-34-4)17-24(32)31-22(20-8-6-7-9-23(20)35-5)16-21(29-31)18-10-12-19(27)13-11-18/h6-13,22H,14-17H2,1-5H3,(H,28,33)/t22-/m1/s1. The van der Waals surface area contributed by atoms with Crippen molar-refractivity contribution in [2.24, 2.45) is 5.10 Å². The summed E-state index contributed by atoms with van der Waals surface area (Å²) in [5.74, 6) is -0.0639. The van der Waals surface area contributed by atoms with Gasteiger partial charge in [-0.1, -0.05) is 30.3 Å². The fourth-order valence-corrected chi connectivity index (χ4v) is 3.83. The van der Waals surface area contributed by atoms with E-state index in [0.29, 0.717) is 17.9 Å². The first-order valence-electron chi connectivity index (χ1n) is 11.5. The number of rotatable bonds is 8. The summed E-state index contributed by atoms with van der Waals surface area (Å²) >= 11 is 0. The first-order chi connectivity index (χ1) is 16.6. The van der Waals surface area contributed by atoms with Crippen LogP contribution >= 0.6 is 0 Å². The number of hydrogen-bond acceptors (Lipinski definition) is 5. The summed E-state index contributed by atoms with van der Waals surface area (Å²) in [4.78, 5) is 27.9. The van der Waals surface area contributed by atoms with Crippen LogP contribution in [0.4, 0.5) is 9.18 Å². The van der Waals surface area contributed by atoms with E-state index < -0.39 is 11.6 Å². The van der Waals surface area contributed by atoms with Crippen LogP contribution in [-0.4, -0.2) is 67.0 Å². The van der Waals surface area contributed by atoms with Crippen LogP contribution in [0.3, 0.4) is 0 Å². The van der Waals surface area contributed by atoms with Crippen molar-refractivity contribution >= 4 is 17.6 Å². The molecule has 0 spiro atoms. The Morgan fingerprint density at radius 3 is 2.46 bits per heavy atom. The fraction of sp³-hybridized carbons (Fsp3) is 0.423. The highest BCUT2D eigenvalue weighted by Crippen LogP contribution is 2.37. The monoisotopic (exact) mass is 484 g/mol. The molecule has 0 aromatic heterocycles. The molecular weight excluding hydrogens is 451 g/mol. The summed E-state index contributed by atoms with van der Waals surface area (Å²) in [6.07, 6.45) is 0.421. The van der Waals surface area contributed by atoms with Crippen LogP contribution in [0, 0.1) is 5.82 Å². The van der Waals surface area contributed by atoms with E-state index >= 15 is 0 Å². The highest BCUT2D eigenvalue weighted by Gasteiger charge is 2.36. The number of urea groups is 1. The maximum atomic E-state index is 13.6. The Morgan fingerprint density at radius 1 is 1.14 bits per heavy atom. The number of carbonyl (C=O) groups excluding carboxylic acids is 2. The molecule has 2 aromatic rings. The van der Waals surface area contributed by atoms with Gasteiger partial charge in [-0.3, -0.25) is 4.79 Å². The van der Waals surface area contributed by atoms with Gasteiger partial charge in [-0.05, 0) is 44.5 Å². The molecular formula is C26H33FN4O4. The van der Waals surface area contributed by atoms with Gasteiger partial charge in [0.05, 0.1) is 25.5 Å². The fourth-order valence-electron chi connectivity index (χ4n) is 3.83. The summed E-state index contributed by atoms with van der Waals surface area (Å²) in [6.45, 7) is 5.96. The average Bonchev–Trinajstić information content (AvgIpc) is 3.26. The second kappa shape index (κ2) is 11.3. The van der Waals surface area contributed by atoms with Crippen LogP contribution in [-0.2, 0) is 9.53 Å². The van der Waals surface area contributed by atoms with E-state index in [2.05, 4.69) is 10.4 Å². The number of nitrogens with zero attached hydrogens (tertiary/aromatic N) is 3. The van der Waals surface area contributed by atoms with Crippen LogP contribution in [0.5, 0.6) is 5.75 Å². The van der Waals surface area contributed by atoms with Gasteiger partial charge in [0, 0.05) is 31.2 Å². The van der Waals surface area contributed by atoms with Gasteiger partial charge in [-0.25, -0.2) is 14.2 Å². The maximum absolute atomic E-state index is 13.6. The number of hydrogen-bond donors (Lipinski definition) is 1. The maximum Gasteiger partial charge on any atom is 0.318 e. The number of benzene rings is 2. The van der Waals surface area contributed by atoms with Gasteiger partial charge in [0.15, 0.2) is 0 Å². The third-order valence-electron chi connectivity index (χ3n) is 5.50. The van der Waals surface area contributed by atoms with Gasteiger partial charge in [-0.2, -0.15) is 5.10 Å². The quantitative estimate of drug-likeness (QED) is 0.615. The third kappa shape index (κ3) is 6.79. The van der Waals surface area contributed by atoms with E-state index in [-0.39, 0.29) is 37.5 Å². The molecule has 0 fully saturated rings. The number of methoxy groups -OCH3 is 2. The van der Waals surface area contributed by atoms with Gasteiger partial charge in [0.2, 0.25) is 0 Å². The van der Waals surface area contributed by atoms with Gasteiger partial charge >= 0.3 is 6.03 Å². The van der Waals surface area contributed by atoms with E-state index in [1.165, 1.54) is 22.0 Å². The highest BCUT2D eigenvalue weighted by atomic mass is 19.1. The van der Waals surface area contributed by atoms with Crippen LogP contribution in [0.15, 0.2) is 53.6 Å².